The molecule has 0 radical (unpaired) electrons. The SMILES string of the molecule is CC(C)c1cc(C(=O)O)nn1-c1ncccn1. The van der Waals surface area contributed by atoms with Crippen molar-refractivity contribution in [3.8, 4) is 5.95 Å². The molecule has 2 heterocycles. The molecule has 0 aliphatic rings. The molecule has 17 heavy (non-hydrogen) atoms. The lowest BCUT2D eigenvalue weighted by Gasteiger charge is -2.07. The quantitative estimate of drug-likeness (QED) is 0.866. The Morgan fingerprint density at radius 1 is 1.35 bits per heavy atom. The Hall–Kier alpha value is -2.24. The summed E-state index contributed by atoms with van der Waals surface area (Å²) >= 11 is 0. The van der Waals surface area contributed by atoms with E-state index in [1.807, 2.05) is 13.8 Å². The van der Waals surface area contributed by atoms with Gasteiger partial charge in [0.1, 0.15) is 0 Å². The monoisotopic (exact) mass is 232 g/mol. The van der Waals surface area contributed by atoms with Gasteiger partial charge in [0.05, 0.1) is 5.69 Å². The first-order valence-corrected chi connectivity index (χ1v) is 5.20. The molecule has 6 heteroatoms. The number of hydrogen-bond acceptors (Lipinski definition) is 4. The van der Waals surface area contributed by atoms with E-state index in [0.29, 0.717) is 5.95 Å². The molecule has 0 spiro atoms. The van der Waals surface area contributed by atoms with Crippen molar-refractivity contribution in [2.24, 2.45) is 0 Å². The highest BCUT2D eigenvalue weighted by Gasteiger charge is 2.17. The second-order valence-electron chi connectivity index (χ2n) is 3.87. The van der Waals surface area contributed by atoms with Crippen LogP contribution in [0.25, 0.3) is 5.95 Å². The lowest BCUT2D eigenvalue weighted by Crippen LogP contribution is -2.08. The summed E-state index contributed by atoms with van der Waals surface area (Å²) < 4.78 is 1.47. The maximum absolute atomic E-state index is 10.9. The maximum Gasteiger partial charge on any atom is 0.356 e. The first-order chi connectivity index (χ1) is 8.09. The summed E-state index contributed by atoms with van der Waals surface area (Å²) in [5, 5.41) is 12.9. The number of carboxylic acids is 1. The molecular formula is C11H12N4O2. The minimum atomic E-state index is -1.05. The zero-order chi connectivity index (χ0) is 12.4. The van der Waals surface area contributed by atoms with Crippen LogP contribution in [0.3, 0.4) is 0 Å². The third-order valence-electron chi connectivity index (χ3n) is 2.29. The van der Waals surface area contributed by atoms with Crippen LogP contribution in [0.5, 0.6) is 0 Å². The van der Waals surface area contributed by atoms with Gasteiger partial charge in [0.2, 0.25) is 0 Å². The predicted molar refractivity (Wildman–Crippen MR) is 60.2 cm³/mol. The number of nitrogens with zero attached hydrogens (tertiary/aromatic N) is 4. The predicted octanol–water partition coefficient (Wildman–Crippen LogP) is 1.48. The van der Waals surface area contributed by atoms with Crippen molar-refractivity contribution >= 4 is 5.97 Å². The van der Waals surface area contributed by atoms with Crippen LogP contribution >= 0.6 is 0 Å². The van der Waals surface area contributed by atoms with Crippen molar-refractivity contribution in [3.05, 3.63) is 35.9 Å². The van der Waals surface area contributed by atoms with E-state index in [9.17, 15) is 4.79 Å². The van der Waals surface area contributed by atoms with Crippen LogP contribution in [-0.2, 0) is 0 Å². The van der Waals surface area contributed by atoms with Crippen molar-refractivity contribution in [2.75, 3.05) is 0 Å². The molecule has 2 aromatic rings. The molecular weight excluding hydrogens is 220 g/mol. The van der Waals surface area contributed by atoms with Gasteiger partial charge in [0, 0.05) is 12.4 Å². The maximum atomic E-state index is 10.9. The summed E-state index contributed by atoms with van der Waals surface area (Å²) in [5.41, 5.74) is 0.773. The number of rotatable bonds is 3. The number of aromatic nitrogens is 4. The normalized spacial score (nSPS) is 10.8. The molecule has 0 amide bonds. The van der Waals surface area contributed by atoms with Crippen LogP contribution in [0, 0.1) is 0 Å². The zero-order valence-electron chi connectivity index (χ0n) is 9.53. The van der Waals surface area contributed by atoms with Gasteiger partial charge in [-0.2, -0.15) is 5.10 Å². The van der Waals surface area contributed by atoms with E-state index in [2.05, 4.69) is 15.1 Å². The lowest BCUT2D eigenvalue weighted by molar-refractivity contribution is 0.0690. The fourth-order valence-corrected chi connectivity index (χ4v) is 1.47. The van der Waals surface area contributed by atoms with Gasteiger partial charge >= 0.3 is 5.97 Å². The van der Waals surface area contributed by atoms with E-state index in [1.165, 1.54) is 4.68 Å². The van der Waals surface area contributed by atoms with Crippen molar-refractivity contribution in [1.29, 1.82) is 0 Å². The Bertz CT molecular complexity index is 534. The zero-order valence-corrected chi connectivity index (χ0v) is 9.53. The lowest BCUT2D eigenvalue weighted by atomic mass is 10.1. The molecule has 0 saturated carbocycles. The highest BCUT2D eigenvalue weighted by Crippen LogP contribution is 2.18. The largest absolute Gasteiger partial charge is 0.476 e. The summed E-state index contributed by atoms with van der Waals surface area (Å²) in [4.78, 5) is 19.0. The molecule has 6 nitrogen and oxygen atoms in total. The van der Waals surface area contributed by atoms with E-state index >= 15 is 0 Å². The molecule has 0 unspecified atom stereocenters. The Kier molecular flexibility index (Phi) is 2.86. The molecule has 2 rings (SSSR count). The fourth-order valence-electron chi connectivity index (χ4n) is 1.47. The van der Waals surface area contributed by atoms with Gasteiger partial charge in [-0.05, 0) is 18.1 Å². The van der Waals surface area contributed by atoms with Gasteiger partial charge < -0.3 is 5.11 Å². The van der Waals surface area contributed by atoms with E-state index in [1.54, 1.807) is 24.5 Å². The van der Waals surface area contributed by atoms with Crippen molar-refractivity contribution < 1.29 is 9.90 Å². The minimum absolute atomic E-state index is 0.00107. The second-order valence-corrected chi connectivity index (χ2v) is 3.87. The smallest absolute Gasteiger partial charge is 0.356 e. The minimum Gasteiger partial charge on any atom is -0.476 e. The van der Waals surface area contributed by atoms with Crippen molar-refractivity contribution in [1.82, 2.24) is 19.7 Å². The van der Waals surface area contributed by atoms with Gasteiger partial charge in [-0.25, -0.2) is 19.4 Å². The standard InChI is InChI=1S/C11H12N4O2/c1-7(2)9-6-8(10(16)17)14-15(9)11-12-4-3-5-13-11/h3-7H,1-2H3,(H,16,17). The van der Waals surface area contributed by atoms with Crippen LogP contribution in [0.1, 0.15) is 35.9 Å². The highest BCUT2D eigenvalue weighted by atomic mass is 16.4. The Balaban J connectivity index is 2.56. The van der Waals surface area contributed by atoms with Crippen molar-refractivity contribution in [2.45, 2.75) is 19.8 Å². The first-order valence-electron chi connectivity index (χ1n) is 5.20. The molecule has 1 N–H and O–H groups in total. The summed E-state index contributed by atoms with van der Waals surface area (Å²) in [6, 6.07) is 3.24. The molecule has 88 valence electrons. The van der Waals surface area contributed by atoms with Crippen LogP contribution in [-0.4, -0.2) is 30.8 Å². The highest BCUT2D eigenvalue weighted by molar-refractivity contribution is 5.85. The Labute approximate surface area is 98.0 Å². The van der Waals surface area contributed by atoms with Gasteiger partial charge in [-0.3, -0.25) is 0 Å². The second kappa shape index (κ2) is 4.32. The first kappa shape index (κ1) is 11.3. The third-order valence-corrected chi connectivity index (χ3v) is 2.29. The molecule has 0 atom stereocenters. The van der Waals surface area contributed by atoms with E-state index in [-0.39, 0.29) is 11.6 Å². The van der Waals surface area contributed by atoms with Gasteiger partial charge in [-0.1, -0.05) is 13.8 Å². The van der Waals surface area contributed by atoms with E-state index in [4.69, 9.17) is 5.11 Å². The summed E-state index contributed by atoms with van der Waals surface area (Å²) in [7, 11) is 0. The number of carboxylic acid groups (broad SMARTS) is 1. The van der Waals surface area contributed by atoms with Crippen LogP contribution < -0.4 is 0 Å². The number of aromatic carboxylic acids is 1. The average molecular weight is 232 g/mol. The average Bonchev–Trinajstić information content (AvgIpc) is 2.75. The van der Waals surface area contributed by atoms with Gasteiger partial charge in [0.25, 0.3) is 5.95 Å². The Morgan fingerprint density at radius 2 is 2.00 bits per heavy atom. The number of carbonyl (C=O) groups is 1. The van der Waals surface area contributed by atoms with Crippen molar-refractivity contribution in [3.63, 3.8) is 0 Å². The summed E-state index contributed by atoms with van der Waals surface area (Å²) in [6.45, 7) is 3.92. The third kappa shape index (κ3) is 2.15. The molecule has 0 fully saturated rings. The van der Waals surface area contributed by atoms with E-state index in [0.717, 1.165) is 5.69 Å². The van der Waals surface area contributed by atoms with Crippen LogP contribution in [0.2, 0.25) is 0 Å². The van der Waals surface area contributed by atoms with Gasteiger partial charge in [-0.15, -0.1) is 0 Å². The van der Waals surface area contributed by atoms with Crippen LogP contribution in [0.4, 0.5) is 0 Å². The molecule has 0 aromatic carbocycles. The summed E-state index contributed by atoms with van der Waals surface area (Å²) in [6.07, 6.45) is 3.18. The topological polar surface area (TPSA) is 80.9 Å². The molecule has 0 bridgehead atoms. The molecule has 0 aliphatic heterocycles. The fraction of sp³-hybridized carbons (Fsp3) is 0.273. The van der Waals surface area contributed by atoms with Gasteiger partial charge in [0.15, 0.2) is 5.69 Å². The molecule has 2 aromatic heterocycles. The Morgan fingerprint density at radius 3 is 2.53 bits per heavy atom. The van der Waals surface area contributed by atoms with E-state index < -0.39 is 5.97 Å². The number of hydrogen-bond donors (Lipinski definition) is 1. The molecule has 0 saturated heterocycles. The molecule has 0 aliphatic carbocycles. The summed E-state index contributed by atoms with van der Waals surface area (Å²) in [5.74, 6) is -0.537. The van der Waals surface area contributed by atoms with Crippen LogP contribution in [0.15, 0.2) is 24.5 Å².